The van der Waals surface area contributed by atoms with Crippen LogP contribution in [0.5, 0.6) is 0 Å². The number of fused-ring (bicyclic) bond motifs is 1. The van der Waals surface area contributed by atoms with Gasteiger partial charge in [-0.15, -0.1) is 0 Å². The van der Waals surface area contributed by atoms with Crippen molar-refractivity contribution in [3.8, 4) is 0 Å². The number of Topliss-reactive ketones (excluding diaryl/α,β-unsaturated/α-hetero) is 1. The fraction of sp³-hybridized carbons (Fsp3) is 0.207. The second-order valence-corrected chi connectivity index (χ2v) is 8.44. The maximum Gasteiger partial charge on any atom is 0.168 e. The van der Waals surface area contributed by atoms with E-state index in [0.717, 1.165) is 40.2 Å². The fourth-order valence-corrected chi connectivity index (χ4v) is 3.95. The molecule has 0 N–H and O–H groups in total. The van der Waals surface area contributed by atoms with Crippen molar-refractivity contribution in [1.29, 1.82) is 0 Å². The van der Waals surface area contributed by atoms with Crippen LogP contribution in [0.15, 0.2) is 89.1 Å². The van der Waals surface area contributed by atoms with Crippen molar-refractivity contribution in [2.24, 2.45) is 9.98 Å². The lowest BCUT2D eigenvalue weighted by Gasteiger charge is -2.07. The minimum atomic E-state index is -0.0320. The van der Waals surface area contributed by atoms with E-state index in [1.165, 1.54) is 18.6 Å². The average molecular weight is 450 g/mol. The van der Waals surface area contributed by atoms with E-state index in [9.17, 15) is 9.59 Å². The highest BCUT2D eigenvalue weighted by molar-refractivity contribution is 6.12. The second kappa shape index (κ2) is 10.8. The number of hydrogen-bond acceptors (Lipinski definition) is 5. The van der Waals surface area contributed by atoms with Gasteiger partial charge in [-0.1, -0.05) is 36.4 Å². The van der Waals surface area contributed by atoms with E-state index in [1.807, 2.05) is 55.5 Å². The van der Waals surface area contributed by atoms with E-state index in [1.54, 1.807) is 18.5 Å². The van der Waals surface area contributed by atoms with Crippen LogP contribution in [0.2, 0.25) is 0 Å². The molecule has 5 nitrogen and oxygen atoms in total. The summed E-state index contributed by atoms with van der Waals surface area (Å²) < 4.78 is 0. The summed E-state index contributed by atoms with van der Waals surface area (Å²) >= 11 is 0. The summed E-state index contributed by atoms with van der Waals surface area (Å²) in [7, 11) is 0. The molecule has 170 valence electrons. The molecule has 0 bridgehead atoms. The molecule has 34 heavy (non-hydrogen) atoms. The van der Waals surface area contributed by atoms with Crippen molar-refractivity contribution in [2.45, 2.75) is 33.1 Å². The van der Waals surface area contributed by atoms with Crippen molar-refractivity contribution in [3.05, 3.63) is 107 Å². The van der Waals surface area contributed by atoms with Crippen LogP contribution >= 0.6 is 0 Å². The zero-order valence-electron chi connectivity index (χ0n) is 19.5. The Bertz CT molecular complexity index is 1320. The molecule has 0 saturated heterocycles. The first-order chi connectivity index (χ1) is 16.5. The standard InChI is InChI=1S/C29H27N3O2/c1-20-12-14-30-19-26(20)28(11-10-21(2)33)31-15-13-22-6-5-8-24(16-22)29(34)18-25-17-23-7-3-4-9-27(23)32-25/h3-12,14,16,19H,13,15,17-18H2,1-2H3/b11-10-,31-28?. The molecule has 0 spiro atoms. The second-order valence-electron chi connectivity index (χ2n) is 8.44. The number of aromatic nitrogens is 1. The summed E-state index contributed by atoms with van der Waals surface area (Å²) in [5.74, 6) is 0.0448. The molecular formula is C29H27N3O2. The zero-order valence-corrected chi connectivity index (χ0v) is 19.5. The smallest absolute Gasteiger partial charge is 0.168 e. The predicted octanol–water partition coefficient (Wildman–Crippen LogP) is 5.47. The summed E-state index contributed by atoms with van der Waals surface area (Å²) in [4.78, 5) is 37.9. The molecule has 4 rings (SSSR count). The highest BCUT2D eigenvalue weighted by Crippen LogP contribution is 2.27. The predicted molar refractivity (Wildman–Crippen MR) is 137 cm³/mol. The molecule has 3 aromatic rings. The van der Waals surface area contributed by atoms with Gasteiger partial charge < -0.3 is 0 Å². The number of hydrogen-bond donors (Lipinski definition) is 0. The van der Waals surface area contributed by atoms with E-state index in [2.05, 4.69) is 16.0 Å². The maximum absolute atomic E-state index is 12.9. The molecule has 1 aliphatic heterocycles. The molecule has 0 aliphatic carbocycles. The van der Waals surface area contributed by atoms with Crippen molar-refractivity contribution < 1.29 is 9.59 Å². The Labute approximate surface area is 200 Å². The van der Waals surface area contributed by atoms with Gasteiger partial charge in [0, 0.05) is 48.6 Å². The summed E-state index contributed by atoms with van der Waals surface area (Å²) in [5, 5.41) is 0. The monoisotopic (exact) mass is 449 g/mol. The first-order valence-corrected chi connectivity index (χ1v) is 11.4. The number of ketones is 2. The zero-order chi connectivity index (χ0) is 23.9. The Hall–Kier alpha value is -3.99. The number of nitrogens with zero attached hydrogens (tertiary/aromatic N) is 3. The van der Waals surface area contributed by atoms with E-state index >= 15 is 0 Å². The van der Waals surface area contributed by atoms with Crippen LogP contribution in [0.4, 0.5) is 5.69 Å². The van der Waals surface area contributed by atoms with Crippen LogP contribution < -0.4 is 0 Å². The normalized spacial score (nSPS) is 13.1. The minimum absolute atomic E-state index is 0.0320. The summed E-state index contributed by atoms with van der Waals surface area (Å²) in [6.07, 6.45) is 8.52. The number of aryl methyl sites for hydroxylation is 1. The quantitative estimate of drug-likeness (QED) is 0.247. The van der Waals surface area contributed by atoms with Crippen LogP contribution in [0.1, 0.15) is 46.0 Å². The Morgan fingerprint density at radius 2 is 1.91 bits per heavy atom. The first kappa shape index (κ1) is 23.2. The van der Waals surface area contributed by atoms with E-state index in [0.29, 0.717) is 24.9 Å². The Morgan fingerprint density at radius 3 is 2.71 bits per heavy atom. The third-order valence-corrected chi connectivity index (χ3v) is 5.75. The molecular weight excluding hydrogens is 422 g/mol. The Morgan fingerprint density at radius 1 is 1.06 bits per heavy atom. The Balaban J connectivity index is 1.43. The molecule has 0 fully saturated rings. The largest absolute Gasteiger partial charge is 0.295 e. The lowest BCUT2D eigenvalue weighted by atomic mass is 10.00. The summed E-state index contributed by atoms with van der Waals surface area (Å²) in [6, 6.07) is 17.7. The molecule has 2 aromatic carbocycles. The van der Waals surface area contributed by atoms with Gasteiger partial charge in [-0.05, 0) is 67.3 Å². The molecule has 0 atom stereocenters. The van der Waals surface area contributed by atoms with Crippen molar-refractivity contribution in [1.82, 2.24) is 4.98 Å². The third-order valence-electron chi connectivity index (χ3n) is 5.75. The lowest BCUT2D eigenvalue weighted by molar-refractivity contribution is -0.112. The molecule has 1 aromatic heterocycles. The molecule has 0 amide bonds. The molecule has 0 saturated carbocycles. The van der Waals surface area contributed by atoms with E-state index in [-0.39, 0.29) is 11.6 Å². The number of allylic oxidation sites excluding steroid dienone is 2. The highest BCUT2D eigenvalue weighted by Gasteiger charge is 2.17. The molecule has 0 unspecified atom stereocenters. The first-order valence-electron chi connectivity index (χ1n) is 11.4. The van der Waals surface area contributed by atoms with Gasteiger partial charge in [0.25, 0.3) is 0 Å². The highest BCUT2D eigenvalue weighted by atomic mass is 16.1. The molecule has 1 aliphatic rings. The van der Waals surface area contributed by atoms with Crippen molar-refractivity contribution >= 4 is 28.7 Å². The van der Waals surface area contributed by atoms with Gasteiger partial charge in [0.05, 0.1) is 11.4 Å². The van der Waals surface area contributed by atoms with Crippen molar-refractivity contribution in [2.75, 3.05) is 6.54 Å². The summed E-state index contributed by atoms with van der Waals surface area (Å²) in [6.45, 7) is 4.05. The van der Waals surface area contributed by atoms with E-state index < -0.39 is 0 Å². The number of pyridine rings is 1. The number of aliphatic imine (C=N–C) groups is 2. The molecule has 2 heterocycles. The maximum atomic E-state index is 12.9. The number of benzene rings is 2. The molecule has 5 heteroatoms. The molecule has 0 radical (unpaired) electrons. The van der Waals surface area contributed by atoms with Gasteiger partial charge in [-0.3, -0.25) is 24.6 Å². The average Bonchev–Trinajstić information content (AvgIpc) is 3.24. The van der Waals surface area contributed by atoms with Gasteiger partial charge in [0.2, 0.25) is 0 Å². The number of carbonyl (C=O) groups excluding carboxylic acids is 2. The van der Waals surface area contributed by atoms with Gasteiger partial charge in [-0.2, -0.15) is 0 Å². The number of para-hydroxylation sites is 1. The van der Waals surface area contributed by atoms with Gasteiger partial charge >= 0.3 is 0 Å². The number of rotatable bonds is 9. The van der Waals surface area contributed by atoms with Crippen molar-refractivity contribution in [3.63, 3.8) is 0 Å². The van der Waals surface area contributed by atoms with Crippen LogP contribution in [-0.4, -0.2) is 34.5 Å². The van der Waals surface area contributed by atoms with Crippen LogP contribution in [0.3, 0.4) is 0 Å². The van der Waals surface area contributed by atoms with Crippen LogP contribution in [-0.2, 0) is 17.6 Å². The van der Waals surface area contributed by atoms with Gasteiger partial charge in [0.1, 0.15) is 0 Å². The topological polar surface area (TPSA) is 71.8 Å². The number of carbonyl (C=O) groups is 2. The van der Waals surface area contributed by atoms with Crippen LogP contribution in [0.25, 0.3) is 0 Å². The van der Waals surface area contributed by atoms with E-state index in [4.69, 9.17) is 4.99 Å². The lowest BCUT2D eigenvalue weighted by Crippen LogP contribution is -2.09. The van der Waals surface area contributed by atoms with Gasteiger partial charge in [0.15, 0.2) is 11.6 Å². The SMILES string of the molecule is CC(=O)/C=C\C(=NCCc1cccc(C(=O)CC2=Nc3ccccc3C2)c1)c1cnccc1C. The Kier molecular flexibility index (Phi) is 7.33. The third kappa shape index (κ3) is 5.87. The fourth-order valence-electron chi connectivity index (χ4n) is 3.95. The van der Waals surface area contributed by atoms with Crippen LogP contribution in [0, 0.1) is 6.92 Å². The van der Waals surface area contributed by atoms with Gasteiger partial charge in [-0.25, -0.2) is 0 Å². The minimum Gasteiger partial charge on any atom is -0.295 e. The summed E-state index contributed by atoms with van der Waals surface area (Å²) in [5.41, 5.74) is 7.48.